The first kappa shape index (κ1) is 41.9. The number of ether oxygens (including phenoxy) is 1. The summed E-state index contributed by atoms with van der Waals surface area (Å²) in [4.78, 5) is 73.9. The number of nitrogens with one attached hydrogen (secondary N) is 4. The lowest BCUT2D eigenvalue weighted by Crippen LogP contribution is -2.60. The van der Waals surface area contributed by atoms with Crippen LogP contribution in [0.25, 0.3) is 0 Å². The maximum Gasteiger partial charge on any atom is 0.389 e. The molecule has 2 fully saturated rings. The normalized spacial score (nSPS) is 18.4. The van der Waals surface area contributed by atoms with E-state index < -0.39 is 77.7 Å². The number of likely N-dealkylation sites (tertiary alicyclic amines) is 1. The number of carbonyl (C=O) groups excluding carboxylic acids is 6. The topological polar surface area (TPSA) is 163 Å². The van der Waals surface area contributed by atoms with Gasteiger partial charge in [0, 0.05) is 19.5 Å². The number of aldehydes is 1. The van der Waals surface area contributed by atoms with Gasteiger partial charge in [0.2, 0.25) is 11.7 Å². The highest BCUT2D eigenvalue weighted by molar-refractivity contribution is 7.78. The van der Waals surface area contributed by atoms with E-state index in [1.165, 1.54) is 11.0 Å². The van der Waals surface area contributed by atoms with Crippen molar-refractivity contribution in [3.05, 3.63) is 12.7 Å². The second-order valence-electron chi connectivity index (χ2n) is 13.9. The molecular weight excluding hydrogens is 643 g/mol. The molecule has 0 aromatic carbocycles. The molecule has 12 nitrogen and oxygen atoms in total. The summed E-state index contributed by atoms with van der Waals surface area (Å²) in [6.45, 7) is 15.4. The van der Waals surface area contributed by atoms with Crippen LogP contribution < -0.4 is 20.7 Å². The standard InChI is InChI=1S/C22H37N3O5.C9H13F3N2O2S/c1-21(2,3)16(18(27)25-11-7-8-15(25)12-26)23-20(29)24-17(22(4,5)6)19(28)30-13-14-9-10-14;1-2-5-13-8(16)7(15)6(14-17)3-4-9(10,11)12/h12,14-17H,7-11,13H2,1-6H3,(H2,23,24,29);2,6,14,17H,1,3-5H2,(H,13,16). The van der Waals surface area contributed by atoms with E-state index in [2.05, 4.69) is 40.1 Å². The lowest BCUT2D eigenvalue weighted by Gasteiger charge is -2.36. The van der Waals surface area contributed by atoms with Gasteiger partial charge in [0.1, 0.15) is 18.4 Å². The molecule has 0 radical (unpaired) electrons. The Morgan fingerprint density at radius 2 is 1.55 bits per heavy atom. The molecule has 0 aromatic heterocycles. The zero-order chi connectivity index (χ0) is 36.2. The highest BCUT2D eigenvalue weighted by Crippen LogP contribution is 2.30. The molecule has 1 saturated heterocycles. The van der Waals surface area contributed by atoms with Crippen molar-refractivity contribution < 1.29 is 46.7 Å². The van der Waals surface area contributed by atoms with E-state index in [1.54, 1.807) is 0 Å². The highest BCUT2D eigenvalue weighted by atomic mass is 32.1. The van der Waals surface area contributed by atoms with Crippen LogP contribution in [0.5, 0.6) is 0 Å². The summed E-state index contributed by atoms with van der Waals surface area (Å²) in [6.07, 6.45) is -0.404. The summed E-state index contributed by atoms with van der Waals surface area (Å²) >= 11 is 3.53. The molecule has 2 aliphatic rings. The van der Waals surface area contributed by atoms with Crippen molar-refractivity contribution in [3.8, 4) is 0 Å². The van der Waals surface area contributed by atoms with E-state index in [1.807, 2.05) is 41.5 Å². The fourth-order valence-corrected chi connectivity index (χ4v) is 4.74. The zero-order valence-electron chi connectivity index (χ0n) is 28.0. The molecule has 1 saturated carbocycles. The molecule has 4 N–H and O–H groups in total. The number of hydrogen-bond acceptors (Lipinski definition) is 9. The second kappa shape index (κ2) is 18.4. The number of nitrogens with zero attached hydrogens (tertiary/aromatic N) is 1. The van der Waals surface area contributed by atoms with Crippen molar-refractivity contribution in [2.45, 2.75) is 110 Å². The first-order valence-electron chi connectivity index (χ1n) is 15.5. The van der Waals surface area contributed by atoms with Gasteiger partial charge < -0.3 is 30.4 Å². The molecule has 4 amide bonds. The lowest BCUT2D eigenvalue weighted by atomic mass is 9.85. The molecule has 16 heteroatoms. The molecule has 47 heavy (non-hydrogen) atoms. The Balaban J connectivity index is 0.000000554. The van der Waals surface area contributed by atoms with E-state index in [0.717, 1.165) is 25.5 Å². The first-order chi connectivity index (χ1) is 21.7. The van der Waals surface area contributed by atoms with Crippen LogP contribution in [0.2, 0.25) is 0 Å². The molecule has 0 bridgehead atoms. The minimum absolute atomic E-state index is 0.0726. The number of thiol groups is 1. The van der Waals surface area contributed by atoms with Crippen LogP contribution in [0.4, 0.5) is 18.0 Å². The van der Waals surface area contributed by atoms with Crippen molar-refractivity contribution in [1.29, 1.82) is 0 Å². The van der Waals surface area contributed by atoms with Gasteiger partial charge in [-0.05, 0) is 48.9 Å². The summed E-state index contributed by atoms with van der Waals surface area (Å²) in [7, 11) is 0. The molecule has 0 spiro atoms. The van der Waals surface area contributed by atoms with Crippen molar-refractivity contribution in [1.82, 2.24) is 25.6 Å². The fraction of sp³-hybridized carbons (Fsp3) is 0.742. The molecule has 4 unspecified atom stereocenters. The Hall–Kier alpha value is -3.14. The van der Waals surface area contributed by atoms with E-state index in [0.29, 0.717) is 25.5 Å². The molecule has 1 aliphatic carbocycles. The van der Waals surface area contributed by atoms with Gasteiger partial charge in [-0.2, -0.15) is 13.2 Å². The highest BCUT2D eigenvalue weighted by Gasteiger charge is 2.41. The largest absolute Gasteiger partial charge is 0.464 e. The number of Topliss-reactive ketones (excluding diaryl/α,β-unsaturated/α-hetero) is 1. The predicted molar refractivity (Wildman–Crippen MR) is 172 cm³/mol. The van der Waals surface area contributed by atoms with Crippen LogP contribution in [0.15, 0.2) is 12.7 Å². The molecule has 268 valence electrons. The van der Waals surface area contributed by atoms with Gasteiger partial charge in [0.05, 0.1) is 18.7 Å². The van der Waals surface area contributed by atoms with Crippen LogP contribution in [-0.2, 0) is 28.7 Å². The van der Waals surface area contributed by atoms with Crippen LogP contribution in [0, 0.1) is 16.7 Å². The number of urea groups is 1. The smallest absolute Gasteiger partial charge is 0.389 e. The Bertz CT molecular complexity index is 1120. The van der Waals surface area contributed by atoms with Crippen LogP contribution in [0.3, 0.4) is 0 Å². The molecule has 4 atom stereocenters. The Kier molecular flexibility index (Phi) is 16.4. The fourth-order valence-electron chi connectivity index (χ4n) is 4.50. The average molecular weight is 694 g/mol. The van der Waals surface area contributed by atoms with Crippen molar-refractivity contribution in [2.75, 3.05) is 19.7 Å². The van der Waals surface area contributed by atoms with Gasteiger partial charge in [-0.1, -0.05) is 60.4 Å². The number of carbonyl (C=O) groups is 6. The van der Waals surface area contributed by atoms with Crippen LogP contribution in [-0.4, -0.2) is 90.8 Å². The maximum absolute atomic E-state index is 13.1. The van der Waals surface area contributed by atoms with Gasteiger partial charge in [0.25, 0.3) is 5.91 Å². The van der Waals surface area contributed by atoms with E-state index in [4.69, 9.17) is 4.74 Å². The van der Waals surface area contributed by atoms with Gasteiger partial charge in [0.15, 0.2) is 0 Å². The van der Waals surface area contributed by atoms with Gasteiger partial charge in [-0.3, -0.25) is 19.1 Å². The minimum atomic E-state index is -4.37. The number of rotatable bonds is 14. The first-order valence-corrected chi connectivity index (χ1v) is 16.0. The molecule has 1 aliphatic heterocycles. The molecular formula is C31H50F3N5O7S. The quantitative estimate of drug-likeness (QED) is 0.0609. The average Bonchev–Trinajstić information content (AvgIpc) is 3.68. The van der Waals surface area contributed by atoms with E-state index in [-0.39, 0.29) is 12.5 Å². The molecule has 2 rings (SSSR count). The lowest BCUT2D eigenvalue weighted by molar-refractivity contribution is -0.149. The van der Waals surface area contributed by atoms with E-state index in [9.17, 15) is 41.9 Å². The zero-order valence-corrected chi connectivity index (χ0v) is 28.9. The Morgan fingerprint density at radius 1 is 0.979 bits per heavy atom. The van der Waals surface area contributed by atoms with Gasteiger partial charge >= 0.3 is 18.2 Å². The third-order valence-electron chi connectivity index (χ3n) is 7.48. The number of hydrogen-bond donors (Lipinski definition) is 5. The monoisotopic (exact) mass is 693 g/mol. The number of alkyl halides is 3. The summed E-state index contributed by atoms with van der Waals surface area (Å²) < 4.78 is 43.3. The molecule has 1 heterocycles. The van der Waals surface area contributed by atoms with Crippen LogP contribution in [0.1, 0.15) is 80.1 Å². The predicted octanol–water partition coefficient (Wildman–Crippen LogP) is 3.26. The summed E-state index contributed by atoms with van der Waals surface area (Å²) in [5, 5.41) is 7.64. The van der Waals surface area contributed by atoms with E-state index >= 15 is 0 Å². The number of ketones is 1. The summed E-state index contributed by atoms with van der Waals surface area (Å²) in [6, 6.07) is -3.99. The van der Waals surface area contributed by atoms with Crippen molar-refractivity contribution in [3.63, 3.8) is 0 Å². The number of esters is 1. The summed E-state index contributed by atoms with van der Waals surface area (Å²) in [5.41, 5.74) is -1.13. The SMILES string of the molecule is C=CCNC(=O)C(=O)C(CCC(F)(F)F)NS.CC(C)(C)C(NC(=O)NC(C(=O)N1CCCC1C=O)C(C)(C)C)C(=O)OCC1CC1. The van der Waals surface area contributed by atoms with Crippen molar-refractivity contribution in [2.24, 2.45) is 16.7 Å². The van der Waals surface area contributed by atoms with Crippen LogP contribution >= 0.6 is 12.8 Å². The van der Waals surface area contributed by atoms with Gasteiger partial charge in [-0.15, -0.1) is 6.58 Å². The number of halogens is 3. The Morgan fingerprint density at radius 3 is 2.02 bits per heavy atom. The maximum atomic E-state index is 13.1. The minimum Gasteiger partial charge on any atom is -0.464 e. The van der Waals surface area contributed by atoms with Gasteiger partial charge in [-0.25, -0.2) is 9.59 Å². The number of amides is 4. The third kappa shape index (κ3) is 15.1. The molecule has 0 aromatic rings. The summed E-state index contributed by atoms with van der Waals surface area (Å²) in [5.74, 6) is -2.26. The second-order valence-corrected chi connectivity index (χ2v) is 14.1. The van der Waals surface area contributed by atoms with Crippen molar-refractivity contribution >= 4 is 48.7 Å². The Labute approximate surface area is 280 Å². The third-order valence-corrected chi connectivity index (χ3v) is 7.79.